The molecule has 5 atom stereocenters. The predicted octanol–water partition coefficient (Wildman–Crippen LogP) is -1.59. The summed E-state index contributed by atoms with van der Waals surface area (Å²) in [5.74, 6) is -0.227. The summed E-state index contributed by atoms with van der Waals surface area (Å²) in [6.07, 6.45) is -5.00. The number of aliphatic hydroxyl groups excluding tert-OH is 4. The molecule has 6 N–H and O–H groups in total. The molecule has 1 aliphatic heterocycles. The molecule has 1 saturated heterocycles. The fourth-order valence-electron chi connectivity index (χ4n) is 2.44. The highest BCUT2D eigenvalue weighted by Crippen LogP contribution is 2.19. The summed E-state index contributed by atoms with van der Waals surface area (Å²) in [6.45, 7) is 0.0170. The van der Waals surface area contributed by atoms with Crippen molar-refractivity contribution in [2.24, 2.45) is 0 Å². The van der Waals surface area contributed by atoms with Gasteiger partial charge < -0.3 is 35.8 Å². The second kappa shape index (κ2) is 9.04. The van der Waals surface area contributed by atoms with Gasteiger partial charge >= 0.3 is 0 Å². The first-order valence-electron chi connectivity index (χ1n) is 7.51. The van der Waals surface area contributed by atoms with Gasteiger partial charge in [0.1, 0.15) is 18.3 Å². The van der Waals surface area contributed by atoms with Gasteiger partial charge in [-0.3, -0.25) is 4.79 Å². The fraction of sp³-hybridized carbons (Fsp3) is 0.533. The first-order chi connectivity index (χ1) is 11.4. The molecule has 8 nitrogen and oxygen atoms in total. The van der Waals surface area contributed by atoms with E-state index in [1.165, 1.54) is 0 Å². The molecule has 1 heterocycles. The van der Waals surface area contributed by atoms with Crippen LogP contribution in [-0.2, 0) is 4.74 Å². The molecule has 24 heavy (non-hydrogen) atoms. The Kier molecular flexibility index (Phi) is 7.34. The summed E-state index contributed by atoms with van der Waals surface area (Å²) < 4.78 is 6.07. The number of halogens is 1. The first-order valence-corrected chi connectivity index (χ1v) is 8.59. The highest BCUT2D eigenvalue weighted by molar-refractivity contribution is 14.1. The molecule has 1 unspecified atom stereocenters. The van der Waals surface area contributed by atoms with E-state index in [4.69, 9.17) is 9.84 Å². The Labute approximate surface area is 153 Å². The number of hydrogen-bond acceptors (Lipinski definition) is 7. The Morgan fingerprint density at radius 2 is 1.79 bits per heavy atom. The zero-order chi connectivity index (χ0) is 17.7. The SMILES string of the molecule is O=C(NCCN[C@H]1C(O)O[C@H](CO)[C@@H](O)[C@@H]1O)c1ccc(I)cc1. The van der Waals surface area contributed by atoms with Gasteiger partial charge in [0.15, 0.2) is 6.29 Å². The Balaban J connectivity index is 1.77. The molecule has 134 valence electrons. The van der Waals surface area contributed by atoms with Crippen LogP contribution in [0.1, 0.15) is 10.4 Å². The van der Waals surface area contributed by atoms with E-state index in [0.29, 0.717) is 5.56 Å². The van der Waals surface area contributed by atoms with Crippen LogP contribution in [0.15, 0.2) is 24.3 Å². The van der Waals surface area contributed by atoms with Crippen LogP contribution in [-0.4, -0.2) is 76.7 Å². The minimum absolute atomic E-state index is 0.227. The van der Waals surface area contributed by atoms with E-state index in [-0.39, 0.29) is 19.0 Å². The molecule has 1 aromatic carbocycles. The normalized spacial score (nSPS) is 30.1. The lowest BCUT2D eigenvalue weighted by Gasteiger charge is -2.40. The van der Waals surface area contributed by atoms with Crippen LogP contribution >= 0.6 is 22.6 Å². The van der Waals surface area contributed by atoms with E-state index >= 15 is 0 Å². The lowest BCUT2D eigenvalue weighted by atomic mass is 9.97. The molecule has 1 aliphatic rings. The lowest BCUT2D eigenvalue weighted by molar-refractivity contribution is -0.254. The van der Waals surface area contributed by atoms with Gasteiger partial charge in [-0.25, -0.2) is 0 Å². The van der Waals surface area contributed by atoms with Gasteiger partial charge in [-0.05, 0) is 46.9 Å². The minimum atomic E-state index is -1.37. The van der Waals surface area contributed by atoms with Gasteiger partial charge in [0.05, 0.1) is 12.6 Å². The van der Waals surface area contributed by atoms with Crippen LogP contribution < -0.4 is 10.6 Å². The van der Waals surface area contributed by atoms with E-state index in [0.717, 1.165) is 3.57 Å². The van der Waals surface area contributed by atoms with Gasteiger partial charge in [0.25, 0.3) is 5.91 Å². The zero-order valence-electron chi connectivity index (χ0n) is 12.8. The van der Waals surface area contributed by atoms with Crippen molar-refractivity contribution < 1.29 is 30.0 Å². The maximum absolute atomic E-state index is 11.9. The zero-order valence-corrected chi connectivity index (χ0v) is 15.0. The highest BCUT2D eigenvalue weighted by Gasteiger charge is 2.43. The number of nitrogens with one attached hydrogen (secondary N) is 2. The van der Waals surface area contributed by atoms with Crippen LogP contribution in [0.5, 0.6) is 0 Å². The molecule has 0 saturated carbocycles. The second-order valence-corrected chi connectivity index (χ2v) is 6.72. The lowest BCUT2D eigenvalue weighted by Crippen LogP contribution is -2.63. The molecule has 1 amide bonds. The van der Waals surface area contributed by atoms with Crippen LogP contribution in [0.4, 0.5) is 0 Å². The average Bonchev–Trinajstić information content (AvgIpc) is 2.57. The molecule has 0 bridgehead atoms. The third-order valence-electron chi connectivity index (χ3n) is 3.80. The van der Waals surface area contributed by atoms with Crippen molar-refractivity contribution in [2.75, 3.05) is 19.7 Å². The van der Waals surface area contributed by atoms with E-state index in [1.54, 1.807) is 12.1 Å². The number of hydrogen-bond donors (Lipinski definition) is 6. The molecule has 9 heteroatoms. The third-order valence-corrected chi connectivity index (χ3v) is 4.52. The number of rotatable bonds is 6. The molecular formula is C15H21IN2O6. The number of aliphatic hydroxyl groups is 4. The molecule has 0 spiro atoms. The predicted molar refractivity (Wildman–Crippen MR) is 93.3 cm³/mol. The quantitative estimate of drug-likeness (QED) is 0.227. The smallest absolute Gasteiger partial charge is 0.251 e. The van der Waals surface area contributed by atoms with Crippen molar-refractivity contribution in [2.45, 2.75) is 30.6 Å². The van der Waals surface area contributed by atoms with Crippen molar-refractivity contribution in [3.63, 3.8) is 0 Å². The summed E-state index contributed by atoms with van der Waals surface area (Å²) >= 11 is 2.15. The maximum Gasteiger partial charge on any atom is 0.251 e. The number of amides is 1. The number of carbonyl (C=O) groups excluding carboxylic acids is 1. The number of benzene rings is 1. The van der Waals surface area contributed by atoms with Gasteiger partial charge in [-0.15, -0.1) is 0 Å². The molecule has 1 fully saturated rings. The topological polar surface area (TPSA) is 131 Å². The first kappa shape index (κ1) is 19.5. The van der Waals surface area contributed by atoms with E-state index < -0.39 is 37.3 Å². The van der Waals surface area contributed by atoms with Crippen molar-refractivity contribution in [3.8, 4) is 0 Å². The van der Waals surface area contributed by atoms with Gasteiger partial charge in [0.2, 0.25) is 0 Å². The fourth-order valence-corrected chi connectivity index (χ4v) is 2.80. The van der Waals surface area contributed by atoms with Crippen molar-refractivity contribution in [1.82, 2.24) is 10.6 Å². The molecule has 0 aliphatic carbocycles. The van der Waals surface area contributed by atoms with E-state index in [2.05, 4.69) is 33.2 Å². The number of ether oxygens (including phenoxy) is 1. The Morgan fingerprint density at radius 1 is 1.12 bits per heavy atom. The summed E-state index contributed by atoms with van der Waals surface area (Å²) in [7, 11) is 0. The summed E-state index contributed by atoms with van der Waals surface area (Å²) in [5.41, 5.74) is 0.540. The largest absolute Gasteiger partial charge is 0.394 e. The van der Waals surface area contributed by atoms with Crippen LogP contribution in [0.2, 0.25) is 0 Å². The van der Waals surface area contributed by atoms with Crippen LogP contribution in [0.25, 0.3) is 0 Å². The van der Waals surface area contributed by atoms with E-state index in [9.17, 15) is 20.1 Å². The molecule has 0 aromatic heterocycles. The van der Waals surface area contributed by atoms with Gasteiger partial charge in [0, 0.05) is 22.2 Å². The molecule has 1 aromatic rings. The maximum atomic E-state index is 11.9. The van der Waals surface area contributed by atoms with Gasteiger partial charge in [-0.2, -0.15) is 0 Å². The molecule has 0 radical (unpaired) electrons. The molecular weight excluding hydrogens is 431 g/mol. The minimum Gasteiger partial charge on any atom is -0.394 e. The summed E-state index contributed by atoms with van der Waals surface area (Å²) in [6, 6.07) is 6.19. The highest BCUT2D eigenvalue weighted by atomic mass is 127. The standard InChI is InChI=1S/C15H21IN2O6/c16-9-3-1-8(2-4-9)14(22)18-6-5-17-11-13(21)12(20)10(7-19)24-15(11)23/h1-4,10-13,15,17,19-21,23H,5-7H2,(H,18,22)/t10-,11-,12-,13-,15?/m1/s1. The van der Waals surface area contributed by atoms with Gasteiger partial charge in [-0.1, -0.05) is 0 Å². The average molecular weight is 452 g/mol. The van der Waals surface area contributed by atoms with Crippen molar-refractivity contribution >= 4 is 28.5 Å². The molecule has 2 rings (SSSR count). The van der Waals surface area contributed by atoms with Crippen LogP contribution in [0, 0.1) is 3.57 Å². The summed E-state index contributed by atoms with van der Waals surface area (Å²) in [5, 5.41) is 44.1. The Bertz CT molecular complexity index is 543. The van der Waals surface area contributed by atoms with Crippen molar-refractivity contribution in [3.05, 3.63) is 33.4 Å². The Hall–Kier alpha value is -0.820. The van der Waals surface area contributed by atoms with Crippen LogP contribution in [0.3, 0.4) is 0 Å². The van der Waals surface area contributed by atoms with Crippen molar-refractivity contribution in [1.29, 1.82) is 0 Å². The van der Waals surface area contributed by atoms with E-state index in [1.807, 2.05) is 12.1 Å². The summed E-state index contributed by atoms with van der Waals surface area (Å²) in [4.78, 5) is 11.9. The number of carbonyl (C=O) groups is 1. The third kappa shape index (κ3) is 4.85. The Morgan fingerprint density at radius 3 is 2.42 bits per heavy atom. The second-order valence-electron chi connectivity index (χ2n) is 5.47. The monoisotopic (exact) mass is 452 g/mol.